The second-order valence-electron chi connectivity index (χ2n) is 7.74. The molecule has 5 unspecified atom stereocenters. The predicted octanol–water partition coefficient (Wildman–Crippen LogP) is -0.243. The van der Waals surface area contributed by atoms with Crippen LogP contribution >= 0.6 is 0 Å². The lowest BCUT2D eigenvalue weighted by atomic mass is 9.98. The van der Waals surface area contributed by atoms with E-state index in [0.717, 1.165) is 26.4 Å². The molecule has 0 bridgehead atoms. The zero-order chi connectivity index (χ0) is 25.0. The number of rotatable bonds is 13. The predicted molar refractivity (Wildman–Crippen MR) is 114 cm³/mol. The topological polar surface area (TPSA) is 153 Å². The molecule has 0 radical (unpaired) electrons. The lowest BCUT2D eigenvalue weighted by Gasteiger charge is -2.44. The maximum Gasteiger partial charge on any atom is 0.303 e. The van der Waals surface area contributed by atoms with Crippen LogP contribution in [0.1, 0.15) is 40.5 Å². The van der Waals surface area contributed by atoms with Crippen molar-refractivity contribution in [2.75, 3.05) is 39.9 Å². The van der Waals surface area contributed by atoms with Crippen molar-refractivity contribution in [3.8, 4) is 0 Å². The summed E-state index contributed by atoms with van der Waals surface area (Å²) in [5.41, 5.74) is 5.52. The summed E-state index contributed by atoms with van der Waals surface area (Å²) in [5.74, 6) is -2.63. The highest BCUT2D eigenvalue weighted by Gasteiger charge is 2.52. The molecule has 1 fully saturated rings. The first kappa shape index (κ1) is 28.8. The van der Waals surface area contributed by atoms with Crippen LogP contribution in [0, 0.1) is 0 Å². The minimum Gasteiger partial charge on any atom is -0.463 e. The molecule has 0 aromatic carbocycles. The Hall–Kier alpha value is -2.28. The van der Waals surface area contributed by atoms with E-state index in [4.69, 9.17) is 34.2 Å². The van der Waals surface area contributed by atoms with Gasteiger partial charge in [-0.3, -0.25) is 19.2 Å². The number of hydrogen-bond acceptors (Lipinski definition) is 12. The van der Waals surface area contributed by atoms with Crippen LogP contribution in [0.5, 0.6) is 0 Å². The summed E-state index contributed by atoms with van der Waals surface area (Å²) >= 11 is 0. The van der Waals surface area contributed by atoms with Crippen molar-refractivity contribution in [1.82, 2.24) is 4.90 Å². The van der Waals surface area contributed by atoms with Gasteiger partial charge in [0.05, 0.1) is 6.61 Å². The van der Waals surface area contributed by atoms with Gasteiger partial charge in [0, 0.05) is 34.2 Å². The standard InChI is InChI=1S/C21H36N2O10/c1-13(24)29-12-17-18(30-14(2)25)19(31-15(3)26)20(32-16(4)27)21(33-17)28-11-7-10-23(5)9-6-8-22/h17-21H,6-12,22H2,1-5H3. The van der Waals surface area contributed by atoms with Gasteiger partial charge in [0.15, 0.2) is 24.6 Å². The molecular weight excluding hydrogens is 440 g/mol. The highest BCUT2D eigenvalue weighted by atomic mass is 16.7. The van der Waals surface area contributed by atoms with E-state index in [1.807, 2.05) is 7.05 Å². The van der Waals surface area contributed by atoms with Gasteiger partial charge in [-0.25, -0.2) is 0 Å². The van der Waals surface area contributed by atoms with Crippen molar-refractivity contribution in [2.24, 2.45) is 5.73 Å². The van der Waals surface area contributed by atoms with E-state index < -0.39 is 54.6 Å². The molecule has 2 N–H and O–H groups in total. The molecule has 12 nitrogen and oxygen atoms in total. The molecule has 0 aromatic rings. The van der Waals surface area contributed by atoms with Gasteiger partial charge in [0.1, 0.15) is 12.7 Å². The van der Waals surface area contributed by atoms with Crippen molar-refractivity contribution < 1.29 is 47.6 Å². The Morgan fingerprint density at radius 1 is 0.818 bits per heavy atom. The van der Waals surface area contributed by atoms with E-state index in [0.29, 0.717) is 13.0 Å². The van der Waals surface area contributed by atoms with Crippen LogP contribution in [0.25, 0.3) is 0 Å². The Balaban J connectivity index is 3.04. The number of carbonyl (C=O) groups is 4. The van der Waals surface area contributed by atoms with Crippen molar-refractivity contribution in [3.63, 3.8) is 0 Å². The van der Waals surface area contributed by atoms with Crippen LogP contribution < -0.4 is 5.73 Å². The van der Waals surface area contributed by atoms with E-state index >= 15 is 0 Å². The number of ether oxygens (including phenoxy) is 6. The molecule has 0 saturated carbocycles. The van der Waals surface area contributed by atoms with Gasteiger partial charge in [-0.1, -0.05) is 0 Å². The van der Waals surface area contributed by atoms with Crippen LogP contribution in [0.15, 0.2) is 0 Å². The monoisotopic (exact) mass is 476 g/mol. The second-order valence-corrected chi connectivity index (χ2v) is 7.74. The first-order chi connectivity index (χ1) is 15.5. The summed E-state index contributed by atoms with van der Waals surface area (Å²) in [6.07, 6.45) is -4.31. The highest BCUT2D eigenvalue weighted by Crippen LogP contribution is 2.30. The van der Waals surface area contributed by atoms with Crippen molar-refractivity contribution in [3.05, 3.63) is 0 Å². The third-order valence-corrected chi connectivity index (χ3v) is 4.66. The Kier molecular flexibility index (Phi) is 12.9. The van der Waals surface area contributed by atoms with E-state index in [-0.39, 0.29) is 13.2 Å². The Labute approximate surface area is 193 Å². The lowest BCUT2D eigenvalue weighted by Crippen LogP contribution is -2.63. The molecule has 1 saturated heterocycles. The number of nitrogens with two attached hydrogens (primary N) is 1. The third-order valence-electron chi connectivity index (χ3n) is 4.66. The van der Waals surface area contributed by atoms with Crippen LogP contribution in [0.2, 0.25) is 0 Å². The molecule has 12 heteroatoms. The lowest BCUT2D eigenvalue weighted by molar-refractivity contribution is -0.308. The summed E-state index contributed by atoms with van der Waals surface area (Å²) in [5, 5.41) is 0. The molecule has 0 aliphatic carbocycles. The fraction of sp³-hybridized carbons (Fsp3) is 0.810. The molecule has 5 atom stereocenters. The Bertz CT molecular complexity index is 659. The molecule has 0 amide bonds. The number of esters is 4. The molecule has 1 aliphatic heterocycles. The largest absolute Gasteiger partial charge is 0.463 e. The second kappa shape index (κ2) is 14.8. The highest BCUT2D eigenvalue weighted by molar-refractivity contribution is 5.68. The summed E-state index contributed by atoms with van der Waals surface area (Å²) < 4.78 is 32.7. The molecule has 190 valence electrons. The fourth-order valence-corrected chi connectivity index (χ4v) is 3.33. The Morgan fingerprint density at radius 3 is 1.91 bits per heavy atom. The minimum atomic E-state index is -1.23. The van der Waals surface area contributed by atoms with Gasteiger partial charge in [-0.05, 0) is 33.0 Å². The van der Waals surface area contributed by atoms with E-state index in [2.05, 4.69) is 4.90 Å². The van der Waals surface area contributed by atoms with Gasteiger partial charge in [0.2, 0.25) is 0 Å². The average molecular weight is 477 g/mol. The van der Waals surface area contributed by atoms with Crippen molar-refractivity contribution >= 4 is 23.9 Å². The maximum atomic E-state index is 11.8. The Morgan fingerprint density at radius 2 is 1.36 bits per heavy atom. The molecular formula is C21H36N2O10. The average Bonchev–Trinajstić information content (AvgIpc) is 2.71. The summed E-state index contributed by atoms with van der Waals surface area (Å²) in [7, 11) is 1.96. The fourth-order valence-electron chi connectivity index (χ4n) is 3.33. The van der Waals surface area contributed by atoms with Crippen LogP contribution in [0.4, 0.5) is 0 Å². The molecule has 1 heterocycles. The number of nitrogens with zero attached hydrogens (tertiary/aromatic N) is 1. The van der Waals surface area contributed by atoms with Crippen LogP contribution in [0.3, 0.4) is 0 Å². The quantitative estimate of drug-likeness (QED) is 0.212. The first-order valence-electron chi connectivity index (χ1n) is 10.9. The zero-order valence-electron chi connectivity index (χ0n) is 19.9. The smallest absolute Gasteiger partial charge is 0.303 e. The van der Waals surface area contributed by atoms with Gasteiger partial charge in [-0.2, -0.15) is 0 Å². The van der Waals surface area contributed by atoms with Gasteiger partial charge in [-0.15, -0.1) is 0 Å². The first-order valence-corrected chi connectivity index (χ1v) is 10.9. The van der Waals surface area contributed by atoms with E-state index in [9.17, 15) is 19.2 Å². The van der Waals surface area contributed by atoms with Crippen LogP contribution in [-0.2, 0) is 47.6 Å². The summed E-state index contributed by atoms with van der Waals surface area (Å²) in [6.45, 7) is 6.84. The van der Waals surface area contributed by atoms with Gasteiger partial charge in [0.25, 0.3) is 0 Å². The molecule has 0 aromatic heterocycles. The summed E-state index contributed by atoms with van der Waals surface area (Å²) in [4.78, 5) is 48.7. The molecule has 33 heavy (non-hydrogen) atoms. The SMILES string of the molecule is CC(=O)OCC1OC(OCCCN(C)CCCN)C(OC(C)=O)C(OC(C)=O)C1OC(C)=O. The van der Waals surface area contributed by atoms with Crippen molar-refractivity contribution in [2.45, 2.75) is 71.2 Å². The molecule has 1 rings (SSSR count). The summed E-state index contributed by atoms with van der Waals surface area (Å²) in [6, 6.07) is 0. The number of hydrogen-bond donors (Lipinski definition) is 1. The van der Waals surface area contributed by atoms with E-state index in [1.54, 1.807) is 0 Å². The minimum absolute atomic E-state index is 0.237. The molecule has 1 aliphatic rings. The van der Waals surface area contributed by atoms with E-state index in [1.165, 1.54) is 20.8 Å². The van der Waals surface area contributed by atoms with Gasteiger partial charge < -0.3 is 39.1 Å². The van der Waals surface area contributed by atoms with Gasteiger partial charge >= 0.3 is 23.9 Å². The molecule has 0 spiro atoms. The maximum absolute atomic E-state index is 11.8. The number of carbonyl (C=O) groups excluding carboxylic acids is 4. The third kappa shape index (κ3) is 10.9. The normalized spacial score (nSPS) is 24.8. The van der Waals surface area contributed by atoms with Crippen LogP contribution in [-0.4, -0.2) is 99.4 Å². The van der Waals surface area contributed by atoms with Crippen molar-refractivity contribution in [1.29, 1.82) is 0 Å². The zero-order valence-corrected chi connectivity index (χ0v) is 19.9.